The number of hydrogen-bond acceptors (Lipinski definition) is 5. The van der Waals surface area contributed by atoms with E-state index in [4.69, 9.17) is 5.73 Å². The molecule has 0 aliphatic heterocycles. The Balaban J connectivity index is 2.45. The van der Waals surface area contributed by atoms with Crippen molar-refractivity contribution in [1.29, 1.82) is 0 Å². The second-order valence-corrected chi connectivity index (χ2v) is 6.19. The van der Waals surface area contributed by atoms with Gasteiger partial charge in [-0.3, -0.25) is 4.79 Å². The van der Waals surface area contributed by atoms with Gasteiger partial charge >= 0.3 is 5.97 Å². The summed E-state index contributed by atoms with van der Waals surface area (Å²) in [4.78, 5) is 10.9. The van der Waals surface area contributed by atoms with Crippen molar-refractivity contribution in [2.75, 3.05) is 12.9 Å². The molecule has 7 heteroatoms. The van der Waals surface area contributed by atoms with Gasteiger partial charge in [-0.05, 0) is 12.8 Å². The van der Waals surface area contributed by atoms with Crippen LogP contribution in [0.25, 0.3) is 0 Å². The van der Waals surface area contributed by atoms with Crippen LogP contribution in [0.15, 0.2) is 0 Å². The number of hydrogen-bond donors (Lipinski definition) is 2. The van der Waals surface area contributed by atoms with E-state index in [1.807, 2.05) is 0 Å². The van der Waals surface area contributed by atoms with E-state index in [-0.39, 0.29) is 24.3 Å². The van der Waals surface area contributed by atoms with Gasteiger partial charge in [-0.1, -0.05) is 12.8 Å². The van der Waals surface area contributed by atoms with Gasteiger partial charge in [0, 0.05) is 12.1 Å². The summed E-state index contributed by atoms with van der Waals surface area (Å²) in [6, 6.07) is -0.331. The fourth-order valence-electron chi connectivity index (χ4n) is 1.92. The third-order valence-corrected chi connectivity index (χ3v) is 4.36. The molecule has 1 saturated carbocycles. The summed E-state index contributed by atoms with van der Waals surface area (Å²) in [5.74, 6) is -0.772. The quantitative estimate of drug-likeness (QED) is 0.667. The molecular weight excluding hydrogens is 244 g/mol. The van der Waals surface area contributed by atoms with Gasteiger partial charge in [0.05, 0.1) is 19.3 Å². The molecule has 0 spiro atoms. The van der Waals surface area contributed by atoms with E-state index in [1.165, 1.54) is 7.11 Å². The summed E-state index contributed by atoms with van der Waals surface area (Å²) in [6.45, 7) is 0. The Hall–Kier alpha value is -0.660. The number of rotatable bonds is 5. The van der Waals surface area contributed by atoms with Crippen LogP contribution in [-0.2, 0) is 19.6 Å². The number of nitrogens with one attached hydrogen (secondary N) is 1. The molecule has 17 heavy (non-hydrogen) atoms. The minimum atomic E-state index is -3.45. The van der Waals surface area contributed by atoms with Gasteiger partial charge < -0.3 is 10.5 Å². The van der Waals surface area contributed by atoms with Gasteiger partial charge in [0.15, 0.2) is 0 Å². The van der Waals surface area contributed by atoms with Gasteiger partial charge in [0.2, 0.25) is 10.0 Å². The third-order valence-electron chi connectivity index (χ3n) is 2.95. The topological polar surface area (TPSA) is 98.5 Å². The summed E-state index contributed by atoms with van der Waals surface area (Å²) in [6.07, 6.45) is 3.50. The molecule has 1 fully saturated rings. The predicted octanol–water partition coefficient (Wildman–Crippen LogP) is -0.261. The first-order valence-corrected chi connectivity index (χ1v) is 7.42. The summed E-state index contributed by atoms with van der Waals surface area (Å²) in [7, 11) is -2.21. The van der Waals surface area contributed by atoms with Gasteiger partial charge in [0.25, 0.3) is 0 Å². The van der Waals surface area contributed by atoms with Crippen molar-refractivity contribution in [2.24, 2.45) is 5.73 Å². The van der Waals surface area contributed by atoms with E-state index in [0.29, 0.717) is 0 Å². The first-order chi connectivity index (χ1) is 7.94. The zero-order valence-electron chi connectivity index (χ0n) is 10.0. The highest BCUT2D eigenvalue weighted by Gasteiger charge is 2.26. The highest BCUT2D eigenvalue weighted by Crippen LogP contribution is 2.17. The molecule has 1 aliphatic carbocycles. The van der Waals surface area contributed by atoms with Crippen molar-refractivity contribution in [3.63, 3.8) is 0 Å². The van der Waals surface area contributed by atoms with Crippen LogP contribution in [0.3, 0.4) is 0 Å². The van der Waals surface area contributed by atoms with Crippen molar-refractivity contribution >= 4 is 16.0 Å². The van der Waals surface area contributed by atoms with Crippen LogP contribution in [-0.4, -0.2) is 39.3 Å². The Bertz CT molecular complexity index is 355. The SMILES string of the molecule is COC(=O)CCS(=O)(=O)NC1CCCCC1N. The van der Waals surface area contributed by atoms with Gasteiger partial charge in [-0.15, -0.1) is 0 Å². The molecule has 0 aromatic heterocycles. The van der Waals surface area contributed by atoms with Crippen LogP contribution in [0.1, 0.15) is 32.1 Å². The van der Waals surface area contributed by atoms with E-state index in [2.05, 4.69) is 9.46 Å². The monoisotopic (exact) mass is 264 g/mol. The van der Waals surface area contributed by atoms with E-state index in [0.717, 1.165) is 25.7 Å². The van der Waals surface area contributed by atoms with Crippen molar-refractivity contribution in [1.82, 2.24) is 4.72 Å². The lowest BCUT2D eigenvalue weighted by Gasteiger charge is -2.28. The Labute approximate surface area is 102 Å². The molecule has 0 radical (unpaired) electrons. The molecule has 0 heterocycles. The molecule has 0 bridgehead atoms. The Morgan fingerprint density at radius 2 is 2.06 bits per heavy atom. The lowest BCUT2D eigenvalue weighted by atomic mass is 9.92. The fourth-order valence-corrected chi connectivity index (χ4v) is 3.22. The van der Waals surface area contributed by atoms with Crippen LogP contribution in [0.4, 0.5) is 0 Å². The second-order valence-electron chi connectivity index (χ2n) is 4.32. The molecule has 1 aliphatic rings. The molecule has 0 aromatic rings. The summed E-state index contributed by atoms with van der Waals surface area (Å²) >= 11 is 0. The van der Waals surface area contributed by atoms with E-state index < -0.39 is 16.0 Å². The van der Waals surface area contributed by atoms with Crippen LogP contribution < -0.4 is 10.5 Å². The second kappa shape index (κ2) is 6.32. The highest BCUT2D eigenvalue weighted by molar-refractivity contribution is 7.89. The third kappa shape index (κ3) is 5.01. The molecule has 0 aromatic carbocycles. The number of esters is 1. The summed E-state index contributed by atoms with van der Waals surface area (Å²) in [5, 5.41) is 0. The zero-order chi connectivity index (χ0) is 12.9. The predicted molar refractivity (Wildman–Crippen MR) is 63.8 cm³/mol. The first-order valence-electron chi connectivity index (χ1n) is 5.77. The standard InChI is InChI=1S/C10H20N2O4S/c1-16-10(13)6-7-17(14,15)12-9-5-3-2-4-8(9)11/h8-9,12H,2-7,11H2,1H3. The number of nitrogens with two attached hydrogens (primary N) is 1. The average molecular weight is 264 g/mol. The average Bonchev–Trinajstić information content (AvgIpc) is 2.29. The van der Waals surface area contributed by atoms with E-state index >= 15 is 0 Å². The van der Waals surface area contributed by atoms with Gasteiger partial charge in [-0.2, -0.15) is 0 Å². The molecule has 3 N–H and O–H groups in total. The lowest BCUT2D eigenvalue weighted by Crippen LogP contribution is -2.49. The molecule has 0 amide bonds. The van der Waals surface area contributed by atoms with Crippen LogP contribution in [0, 0.1) is 0 Å². The first kappa shape index (κ1) is 14.4. The zero-order valence-corrected chi connectivity index (χ0v) is 10.8. The minimum absolute atomic E-state index is 0.128. The number of sulfonamides is 1. The molecule has 100 valence electrons. The van der Waals surface area contributed by atoms with Gasteiger partial charge in [-0.25, -0.2) is 13.1 Å². The van der Waals surface area contributed by atoms with Gasteiger partial charge in [0.1, 0.15) is 0 Å². The molecule has 2 unspecified atom stereocenters. The molecule has 1 rings (SSSR count). The largest absolute Gasteiger partial charge is 0.469 e. The summed E-state index contributed by atoms with van der Waals surface area (Å²) < 4.78 is 30.3. The number of methoxy groups -OCH3 is 1. The van der Waals surface area contributed by atoms with E-state index in [9.17, 15) is 13.2 Å². The van der Waals surface area contributed by atoms with Crippen LogP contribution >= 0.6 is 0 Å². The number of carbonyl (C=O) groups excluding carboxylic acids is 1. The maximum absolute atomic E-state index is 11.7. The fraction of sp³-hybridized carbons (Fsp3) is 0.900. The van der Waals surface area contributed by atoms with Crippen molar-refractivity contribution in [2.45, 2.75) is 44.2 Å². The molecule has 6 nitrogen and oxygen atoms in total. The molecular formula is C10H20N2O4S. The maximum atomic E-state index is 11.7. The van der Waals surface area contributed by atoms with Crippen molar-refractivity contribution in [3.05, 3.63) is 0 Å². The lowest BCUT2D eigenvalue weighted by molar-refractivity contribution is -0.140. The maximum Gasteiger partial charge on any atom is 0.306 e. The van der Waals surface area contributed by atoms with E-state index in [1.54, 1.807) is 0 Å². The minimum Gasteiger partial charge on any atom is -0.469 e. The Morgan fingerprint density at radius 3 is 2.65 bits per heavy atom. The Morgan fingerprint density at radius 1 is 1.41 bits per heavy atom. The van der Waals surface area contributed by atoms with Crippen LogP contribution in [0.2, 0.25) is 0 Å². The number of carbonyl (C=O) groups is 1. The summed E-state index contributed by atoms with van der Waals surface area (Å²) in [5.41, 5.74) is 5.85. The van der Waals surface area contributed by atoms with Crippen LogP contribution in [0.5, 0.6) is 0 Å². The number of ether oxygens (including phenoxy) is 1. The highest BCUT2D eigenvalue weighted by atomic mass is 32.2. The normalized spacial score (nSPS) is 25.5. The molecule has 2 atom stereocenters. The van der Waals surface area contributed by atoms with Crippen molar-refractivity contribution < 1.29 is 17.9 Å². The smallest absolute Gasteiger partial charge is 0.306 e. The van der Waals surface area contributed by atoms with Crippen molar-refractivity contribution in [3.8, 4) is 0 Å². The molecule has 0 saturated heterocycles. The Kier molecular flexibility index (Phi) is 5.35.